The summed E-state index contributed by atoms with van der Waals surface area (Å²) in [7, 11) is 1.87. The lowest BCUT2D eigenvalue weighted by molar-refractivity contribution is 0.539. The van der Waals surface area contributed by atoms with E-state index in [0.717, 1.165) is 27.4 Å². The van der Waals surface area contributed by atoms with Crippen LogP contribution in [0.25, 0.3) is 0 Å². The van der Waals surface area contributed by atoms with Crippen molar-refractivity contribution in [2.45, 2.75) is 50.1 Å². The predicted octanol–water partition coefficient (Wildman–Crippen LogP) is 3.98. The zero-order valence-electron chi connectivity index (χ0n) is 13.5. The van der Waals surface area contributed by atoms with E-state index in [0.29, 0.717) is 0 Å². The molecule has 0 radical (unpaired) electrons. The Bertz CT molecular complexity index is 627. The molecule has 112 valence electrons. The second kappa shape index (κ2) is 6.02. The maximum atomic E-state index is 4.68. The van der Waals surface area contributed by atoms with Crippen LogP contribution in [0.5, 0.6) is 0 Å². The van der Waals surface area contributed by atoms with Gasteiger partial charge >= 0.3 is 0 Å². The van der Waals surface area contributed by atoms with Crippen LogP contribution in [-0.2, 0) is 5.41 Å². The van der Waals surface area contributed by atoms with Crippen LogP contribution in [0, 0.1) is 13.8 Å². The molecule has 5 heteroatoms. The molecule has 0 unspecified atom stereocenters. The number of anilines is 1. The largest absolute Gasteiger partial charge is 0.373 e. The van der Waals surface area contributed by atoms with Crippen LogP contribution in [0.2, 0.25) is 0 Å². The van der Waals surface area contributed by atoms with Crippen molar-refractivity contribution < 1.29 is 0 Å². The summed E-state index contributed by atoms with van der Waals surface area (Å²) in [6.07, 6.45) is 0. The van der Waals surface area contributed by atoms with E-state index in [1.54, 1.807) is 11.8 Å². The molecule has 2 heterocycles. The van der Waals surface area contributed by atoms with Crippen molar-refractivity contribution in [1.29, 1.82) is 0 Å². The van der Waals surface area contributed by atoms with Crippen molar-refractivity contribution >= 4 is 17.6 Å². The highest BCUT2D eigenvalue weighted by molar-refractivity contribution is 7.99. The fourth-order valence-corrected chi connectivity index (χ4v) is 2.86. The lowest BCUT2D eigenvalue weighted by Crippen LogP contribution is -2.17. The van der Waals surface area contributed by atoms with E-state index in [1.807, 2.05) is 20.0 Å². The second-order valence-corrected chi connectivity index (χ2v) is 7.18. The van der Waals surface area contributed by atoms with E-state index in [-0.39, 0.29) is 5.41 Å². The number of aryl methyl sites for hydroxylation is 2. The van der Waals surface area contributed by atoms with E-state index in [9.17, 15) is 0 Å². The Hall–Kier alpha value is -1.62. The Kier molecular flexibility index (Phi) is 4.52. The average molecular weight is 302 g/mol. The molecule has 2 aromatic rings. The molecule has 2 aromatic heterocycles. The lowest BCUT2D eigenvalue weighted by Gasteiger charge is -2.18. The van der Waals surface area contributed by atoms with Crippen LogP contribution >= 0.6 is 11.8 Å². The smallest absolute Gasteiger partial charge is 0.137 e. The highest BCUT2D eigenvalue weighted by atomic mass is 32.2. The molecule has 1 N–H and O–H groups in total. The standard InChI is InChI=1S/C16H22N4S/c1-10-7-11(2)18-13(8-10)21-14-9-12(17-6)19-15(20-14)16(3,4)5/h7-9H,1-6H3,(H,17,19,20). The zero-order valence-corrected chi connectivity index (χ0v) is 14.3. The first-order valence-corrected chi connectivity index (χ1v) is 7.80. The minimum Gasteiger partial charge on any atom is -0.373 e. The summed E-state index contributed by atoms with van der Waals surface area (Å²) in [6.45, 7) is 10.4. The molecule has 0 aliphatic heterocycles. The maximum absolute atomic E-state index is 4.68. The molecule has 0 spiro atoms. The first kappa shape index (κ1) is 15.8. The highest BCUT2D eigenvalue weighted by Crippen LogP contribution is 2.29. The number of pyridine rings is 1. The summed E-state index contributed by atoms with van der Waals surface area (Å²) in [4.78, 5) is 13.8. The first-order valence-electron chi connectivity index (χ1n) is 6.98. The molecule has 0 bridgehead atoms. The maximum Gasteiger partial charge on any atom is 0.137 e. The van der Waals surface area contributed by atoms with Gasteiger partial charge in [0, 0.05) is 24.2 Å². The number of hydrogen-bond donors (Lipinski definition) is 1. The van der Waals surface area contributed by atoms with Crippen LogP contribution in [0.1, 0.15) is 37.9 Å². The molecule has 0 saturated carbocycles. The molecule has 0 amide bonds. The van der Waals surface area contributed by atoms with Crippen LogP contribution < -0.4 is 5.32 Å². The molecular formula is C16H22N4S. The Morgan fingerprint density at radius 2 is 1.62 bits per heavy atom. The number of nitrogens with zero attached hydrogens (tertiary/aromatic N) is 3. The summed E-state index contributed by atoms with van der Waals surface area (Å²) in [6, 6.07) is 6.11. The number of rotatable bonds is 3. The topological polar surface area (TPSA) is 50.7 Å². The summed E-state index contributed by atoms with van der Waals surface area (Å²) in [5, 5.41) is 4.98. The van der Waals surface area contributed by atoms with Crippen molar-refractivity contribution in [3.05, 3.63) is 35.3 Å². The van der Waals surface area contributed by atoms with Gasteiger partial charge in [0.1, 0.15) is 21.7 Å². The van der Waals surface area contributed by atoms with Crippen molar-refractivity contribution in [2.24, 2.45) is 0 Å². The van der Waals surface area contributed by atoms with Crippen LogP contribution in [-0.4, -0.2) is 22.0 Å². The minimum atomic E-state index is -0.0852. The fraction of sp³-hybridized carbons (Fsp3) is 0.438. The van der Waals surface area contributed by atoms with E-state index in [1.165, 1.54) is 5.56 Å². The third-order valence-corrected chi connectivity index (χ3v) is 3.75. The molecule has 21 heavy (non-hydrogen) atoms. The number of nitrogens with one attached hydrogen (secondary N) is 1. The number of aromatic nitrogens is 3. The predicted molar refractivity (Wildman–Crippen MR) is 88.1 cm³/mol. The average Bonchev–Trinajstić information content (AvgIpc) is 2.36. The summed E-state index contributed by atoms with van der Waals surface area (Å²) < 4.78 is 0. The summed E-state index contributed by atoms with van der Waals surface area (Å²) >= 11 is 1.57. The lowest BCUT2D eigenvalue weighted by atomic mass is 9.96. The SMILES string of the molecule is CNc1cc(Sc2cc(C)cc(C)n2)nc(C(C)(C)C)n1. The third-order valence-electron chi connectivity index (χ3n) is 2.91. The summed E-state index contributed by atoms with van der Waals surface area (Å²) in [5.41, 5.74) is 2.15. The van der Waals surface area contributed by atoms with Gasteiger partial charge in [-0.15, -0.1) is 0 Å². The van der Waals surface area contributed by atoms with Gasteiger partial charge in [-0.3, -0.25) is 0 Å². The Labute approximate surface area is 130 Å². The molecule has 0 atom stereocenters. The first-order chi connectivity index (χ1) is 9.77. The van der Waals surface area contributed by atoms with Gasteiger partial charge in [-0.1, -0.05) is 20.8 Å². The van der Waals surface area contributed by atoms with Gasteiger partial charge in [-0.05, 0) is 43.3 Å². The molecular weight excluding hydrogens is 280 g/mol. The zero-order chi connectivity index (χ0) is 15.6. The fourth-order valence-electron chi connectivity index (χ4n) is 1.90. The molecule has 0 aliphatic carbocycles. The van der Waals surface area contributed by atoms with Crippen LogP contribution in [0.4, 0.5) is 5.82 Å². The van der Waals surface area contributed by atoms with E-state index < -0.39 is 0 Å². The monoisotopic (exact) mass is 302 g/mol. The normalized spacial score (nSPS) is 11.5. The van der Waals surface area contributed by atoms with Crippen molar-refractivity contribution in [3.8, 4) is 0 Å². The third kappa shape index (κ3) is 4.17. The molecule has 4 nitrogen and oxygen atoms in total. The second-order valence-electron chi connectivity index (χ2n) is 6.14. The quantitative estimate of drug-likeness (QED) is 0.869. The van der Waals surface area contributed by atoms with Gasteiger partial charge in [-0.2, -0.15) is 0 Å². The van der Waals surface area contributed by atoms with Crippen molar-refractivity contribution in [3.63, 3.8) is 0 Å². The van der Waals surface area contributed by atoms with Gasteiger partial charge in [0.05, 0.1) is 0 Å². The molecule has 0 fully saturated rings. The number of hydrogen-bond acceptors (Lipinski definition) is 5. The van der Waals surface area contributed by atoms with Crippen molar-refractivity contribution in [2.75, 3.05) is 12.4 Å². The van der Waals surface area contributed by atoms with E-state index >= 15 is 0 Å². The van der Waals surface area contributed by atoms with Gasteiger partial charge in [0.15, 0.2) is 0 Å². The van der Waals surface area contributed by atoms with Gasteiger partial charge < -0.3 is 5.32 Å². The van der Waals surface area contributed by atoms with Crippen LogP contribution in [0.3, 0.4) is 0 Å². The Morgan fingerprint density at radius 1 is 0.952 bits per heavy atom. The molecule has 0 aliphatic rings. The van der Waals surface area contributed by atoms with Gasteiger partial charge in [0.25, 0.3) is 0 Å². The Balaban J connectivity index is 2.39. The Morgan fingerprint density at radius 3 is 2.19 bits per heavy atom. The molecule has 0 saturated heterocycles. The molecule has 0 aromatic carbocycles. The van der Waals surface area contributed by atoms with Crippen molar-refractivity contribution in [1.82, 2.24) is 15.0 Å². The van der Waals surface area contributed by atoms with Gasteiger partial charge in [0.2, 0.25) is 0 Å². The summed E-state index contributed by atoms with van der Waals surface area (Å²) in [5.74, 6) is 1.67. The van der Waals surface area contributed by atoms with E-state index in [4.69, 9.17) is 0 Å². The minimum absolute atomic E-state index is 0.0852. The van der Waals surface area contributed by atoms with E-state index in [2.05, 4.69) is 60.1 Å². The van der Waals surface area contributed by atoms with Crippen LogP contribution in [0.15, 0.2) is 28.3 Å². The van der Waals surface area contributed by atoms with Gasteiger partial charge in [-0.25, -0.2) is 15.0 Å². The molecule has 2 rings (SSSR count). The highest BCUT2D eigenvalue weighted by Gasteiger charge is 2.19.